The molecule has 0 N–H and O–H groups in total. The minimum absolute atomic E-state index is 0.615. The SMILES string of the molecule is C=C(C)CN=c1scc(-c2cccs2)n1N=Cc1cccc(C)c1. The number of hydrogen-bond acceptors (Lipinski definition) is 4. The van der Waals surface area contributed by atoms with Crippen molar-refractivity contribution in [2.75, 3.05) is 6.54 Å². The van der Waals surface area contributed by atoms with Gasteiger partial charge in [0.15, 0.2) is 0 Å². The number of aromatic nitrogens is 1. The molecule has 0 atom stereocenters. The maximum Gasteiger partial charge on any atom is 0.206 e. The lowest BCUT2D eigenvalue weighted by Gasteiger charge is -2.01. The smallest absolute Gasteiger partial charge is 0.206 e. The normalized spacial score (nSPS) is 12.2. The minimum atomic E-state index is 0.615. The molecule has 0 bridgehead atoms. The first kappa shape index (κ1) is 16.6. The number of thiazole rings is 1. The van der Waals surface area contributed by atoms with Crippen LogP contribution in [-0.2, 0) is 0 Å². The number of thiophene rings is 1. The Morgan fingerprint density at radius 2 is 2.12 bits per heavy atom. The fourth-order valence-electron chi connectivity index (χ4n) is 2.19. The Hall–Kier alpha value is -2.24. The van der Waals surface area contributed by atoms with Crippen LogP contribution in [-0.4, -0.2) is 17.4 Å². The summed E-state index contributed by atoms with van der Waals surface area (Å²) in [6.45, 7) is 8.61. The predicted octanol–water partition coefficient (Wildman–Crippen LogP) is 4.95. The maximum absolute atomic E-state index is 4.70. The molecule has 3 nitrogen and oxygen atoms in total. The first-order chi connectivity index (χ1) is 11.6. The molecule has 3 rings (SSSR count). The molecule has 1 aromatic carbocycles. The number of aryl methyl sites for hydroxylation is 1. The highest BCUT2D eigenvalue weighted by atomic mass is 32.1. The van der Waals surface area contributed by atoms with Gasteiger partial charge in [0.25, 0.3) is 0 Å². The third-order valence-corrected chi connectivity index (χ3v) is 5.05. The molecule has 122 valence electrons. The van der Waals surface area contributed by atoms with Gasteiger partial charge in [0.05, 0.1) is 23.3 Å². The van der Waals surface area contributed by atoms with Crippen molar-refractivity contribution in [1.29, 1.82) is 0 Å². The van der Waals surface area contributed by atoms with Gasteiger partial charge in [0.2, 0.25) is 4.80 Å². The van der Waals surface area contributed by atoms with E-state index >= 15 is 0 Å². The summed E-state index contributed by atoms with van der Waals surface area (Å²) in [6.07, 6.45) is 1.89. The zero-order valence-corrected chi connectivity index (χ0v) is 15.4. The summed E-state index contributed by atoms with van der Waals surface area (Å²) >= 11 is 3.31. The van der Waals surface area contributed by atoms with Gasteiger partial charge in [-0.1, -0.05) is 48.0 Å². The van der Waals surface area contributed by atoms with Crippen molar-refractivity contribution in [3.63, 3.8) is 0 Å². The van der Waals surface area contributed by atoms with Crippen molar-refractivity contribution in [2.24, 2.45) is 10.1 Å². The van der Waals surface area contributed by atoms with E-state index in [1.54, 1.807) is 22.7 Å². The van der Waals surface area contributed by atoms with E-state index in [2.05, 4.69) is 59.6 Å². The van der Waals surface area contributed by atoms with Crippen LogP contribution in [0, 0.1) is 6.92 Å². The molecule has 0 radical (unpaired) electrons. The summed E-state index contributed by atoms with van der Waals surface area (Å²) < 4.78 is 1.92. The number of nitrogens with zero attached hydrogens (tertiary/aromatic N) is 3. The molecule has 0 unspecified atom stereocenters. The molecule has 2 aromatic heterocycles. The quantitative estimate of drug-likeness (QED) is 0.459. The minimum Gasteiger partial charge on any atom is -0.253 e. The van der Waals surface area contributed by atoms with E-state index in [1.807, 2.05) is 23.9 Å². The van der Waals surface area contributed by atoms with Crippen LogP contribution in [0.5, 0.6) is 0 Å². The van der Waals surface area contributed by atoms with Crippen molar-refractivity contribution in [2.45, 2.75) is 13.8 Å². The summed E-state index contributed by atoms with van der Waals surface area (Å²) in [4.78, 5) is 6.70. The molecule has 5 heteroatoms. The van der Waals surface area contributed by atoms with Crippen LogP contribution in [0.15, 0.2) is 69.4 Å². The van der Waals surface area contributed by atoms with E-state index in [0.29, 0.717) is 6.54 Å². The molecule has 0 saturated carbocycles. The van der Waals surface area contributed by atoms with Crippen molar-refractivity contribution >= 4 is 28.9 Å². The third kappa shape index (κ3) is 3.99. The Morgan fingerprint density at radius 3 is 2.83 bits per heavy atom. The van der Waals surface area contributed by atoms with Gasteiger partial charge >= 0.3 is 0 Å². The lowest BCUT2D eigenvalue weighted by atomic mass is 10.2. The molecule has 0 amide bonds. The van der Waals surface area contributed by atoms with E-state index in [9.17, 15) is 0 Å². The van der Waals surface area contributed by atoms with Crippen LogP contribution in [0.4, 0.5) is 0 Å². The first-order valence-electron chi connectivity index (χ1n) is 7.64. The van der Waals surface area contributed by atoms with E-state index in [4.69, 9.17) is 5.10 Å². The molecule has 2 heterocycles. The highest BCUT2D eigenvalue weighted by Gasteiger charge is 2.08. The Kier molecular flexibility index (Phi) is 5.23. The average Bonchev–Trinajstić information content (AvgIpc) is 3.20. The summed E-state index contributed by atoms with van der Waals surface area (Å²) in [5.74, 6) is 0. The van der Waals surface area contributed by atoms with Gasteiger partial charge in [0, 0.05) is 5.38 Å². The summed E-state index contributed by atoms with van der Waals surface area (Å²) in [7, 11) is 0. The topological polar surface area (TPSA) is 29.6 Å². The monoisotopic (exact) mass is 353 g/mol. The van der Waals surface area contributed by atoms with Gasteiger partial charge < -0.3 is 0 Å². The molecular formula is C19H19N3S2. The fraction of sp³-hybridized carbons (Fsp3) is 0.158. The first-order valence-corrected chi connectivity index (χ1v) is 9.40. The van der Waals surface area contributed by atoms with E-state index in [1.165, 1.54) is 10.4 Å². The van der Waals surface area contributed by atoms with Crippen LogP contribution in [0.25, 0.3) is 10.6 Å². The van der Waals surface area contributed by atoms with Crippen LogP contribution >= 0.6 is 22.7 Å². The van der Waals surface area contributed by atoms with Crippen LogP contribution < -0.4 is 4.80 Å². The van der Waals surface area contributed by atoms with Gasteiger partial charge in [-0.2, -0.15) is 5.10 Å². The maximum atomic E-state index is 4.70. The van der Waals surface area contributed by atoms with Crippen LogP contribution in [0.1, 0.15) is 18.1 Å². The molecule has 0 spiro atoms. The molecule has 0 fully saturated rings. The number of hydrogen-bond donors (Lipinski definition) is 0. The molecule has 0 saturated heterocycles. The summed E-state index contributed by atoms with van der Waals surface area (Å²) in [6, 6.07) is 12.5. The third-order valence-electron chi connectivity index (χ3n) is 3.31. The van der Waals surface area contributed by atoms with Crippen molar-refractivity contribution in [3.8, 4) is 10.6 Å². The van der Waals surface area contributed by atoms with Crippen molar-refractivity contribution in [3.05, 3.63) is 75.2 Å². The Morgan fingerprint density at radius 1 is 1.25 bits per heavy atom. The molecule has 24 heavy (non-hydrogen) atoms. The molecular weight excluding hydrogens is 334 g/mol. The second-order valence-corrected chi connectivity index (χ2v) is 7.41. The number of rotatable bonds is 5. The van der Waals surface area contributed by atoms with Crippen LogP contribution in [0.2, 0.25) is 0 Å². The second kappa shape index (κ2) is 7.55. The lowest BCUT2D eigenvalue weighted by Crippen LogP contribution is -2.12. The number of benzene rings is 1. The summed E-state index contributed by atoms with van der Waals surface area (Å²) in [5, 5.41) is 8.88. The molecule has 0 aliphatic heterocycles. The van der Waals surface area contributed by atoms with Gasteiger partial charge in [-0.3, -0.25) is 4.99 Å². The standard InChI is InChI=1S/C19H19N3S2/c1-14(2)11-20-19-22(17(13-24-19)18-8-5-9-23-18)21-12-16-7-4-6-15(3)10-16/h4-10,12-13H,1,11H2,2-3H3. The highest BCUT2D eigenvalue weighted by molar-refractivity contribution is 7.14. The zero-order chi connectivity index (χ0) is 16.9. The zero-order valence-electron chi connectivity index (χ0n) is 13.8. The molecule has 0 aliphatic carbocycles. The second-order valence-electron chi connectivity index (χ2n) is 5.62. The Balaban J connectivity index is 2.04. The van der Waals surface area contributed by atoms with Gasteiger partial charge in [-0.05, 0) is 30.9 Å². The van der Waals surface area contributed by atoms with E-state index < -0.39 is 0 Å². The largest absolute Gasteiger partial charge is 0.253 e. The van der Waals surface area contributed by atoms with Crippen molar-refractivity contribution < 1.29 is 0 Å². The van der Waals surface area contributed by atoms with Crippen LogP contribution in [0.3, 0.4) is 0 Å². The molecule has 0 aliphatic rings. The van der Waals surface area contributed by atoms with Gasteiger partial charge in [-0.25, -0.2) is 4.68 Å². The lowest BCUT2D eigenvalue weighted by molar-refractivity contribution is 0.837. The van der Waals surface area contributed by atoms with E-state index in [0.717, 1.165) is 21.6 Å². The van der Waals surface area contributed by atoms with Gasteiger partial charge in [-0.15, -0.1) is 22.7 Å². The Labute approximate surface area is 150 Å². The Bertz CT molecular complexity index is 928. The van der Waals surface area contributed by atoms with Crippen molar-refractivity contribution in [1.82, 2.24) is 4.68 Å². The predicted molar refractivity (Wildman–Crippen MR) is 105 cm³/mol. The van der Waals surface area contributed by atoms with Gasteiger partial charge in [0.1, 0.15) is 0 Å². The average molecular weight is 354 g/mol. The summed E-state index contributed by atoms with van der Waals surface area (Å²) in [5.41, 5.74) is 4.41. The molecule has 3 aromatic rings. The highest BCUT2D eigenvalue weighted by Crippen LogP contribution is 2.25. The fourth-order valence-corrected chi connectivity index (χ4v) is 3.82. The van der Waals surface area contributed by atoms with E-state index in [-0.39, 0.29) is 0 Å².